The molecule has 0 radical (unpaired) electrons. The summed E-state index contributed by atoms with van der Waals surface area (Å²) in [6.45, 7) is 10.4. The number of carbonyl (C=O) groups excluding carboxylic acids is 1. The maximum Gasteiger partial charge on any atom is 0.407 e. The number of hydrogen-bond acceptors (Lipinski definition) is 3. The van der Waals surface area contributed by atoms with E-state index in [1.165, 1.54) is 4.90 Å². The number of carboxylic acid groups (broad SMARTS) is 1. The second kappa shape index (κ2) is 5.62. The zero-order valence-electron chi connectivity index (χ0n) is 12.5. The van der Waals surface area contributed by atoms with Crippen molar-refractivity contribution in [3.8, 4) is 0 Å². The first kappa shape index (κ1) is 16.2. The number of hydrogen-bond donors (Lipinski definition) is 1. The average molecular weight is 287 g/mol. The molecule has 0 bridgehead atoms. The molecule has 0 aromatic rings. The van der Waals surface area contributed by atoms with Crippen molar-refractivity contribution >= 4 is 21.6 Å². The SMILES string of the molecule is CC(C)(C)[SiH2]OC(C)(C)[C@@H]1CC(=O)CCN1C(=O)O. The lowest BCUT2D eigenvalue weighted by Gasteiger charge is -2.44. The Morgan fingerprint density at radius 3 is 2.42 bits per heavy atom. The number of piperidine rings is 1. The van der Waals surface area contributed by atoms with Crippen LogP contribution in [0, 0.1) is 0 Å². The van der Waals surface area contributed by atoms with E-state index in [0.29, 0.717) is 6.42 Å². The smallest absolute Gasteiger partial charge is 0.407 e. The van der Waals surface area contributed by atoms with Crippen molar-refractivity contribution in [3.05, 3.63) is 0 Å². The lowest BCUT2D eigenvalue weighted by atomic mass is 9.89. The Kier molecular flexibility index (Phi) is 4.79. The molecular formula is C13H25NO4Si. The Hall–Kier alpha value is -0.883. The quantitative estimate of drug-likeness (QED) is 0.804. The van der Waals surface area contributed by atoms with Crippen LogP contribution >= 0.6 is 0 Å². The Labute approximate surface area is 117 Å². The Morgan fingerprint density at radius 1 is 1.37 bits per heavy atom. The van der Waals surface area contributed by atoms with Gasteiger partial charge in [0.1, 0.15) is 5.78 Å². The summed E-state index contributed by atoms with van der Waals surface area (Å²) in [5.74, 6) is 0.122. The summed E-state index contributed by atoms with van der Waals surface area (Å²) < 4.78 is 6.04. The number of ketones is 1. The summed E-state index contributed by atoms with van der Waals surface area (Å²) in [7, 11) is -0.795. The lowest BCUT2D eigenvalue weighted by molar-refractivity contribution is -0.126. The summed E-state index contributed by atoms with van der Waals surface area (Å²) in [6.07, 6.45) is -0.389. The molecule has 5 nitrogen and oxygen atoms in total. The monoisotopic (exact) mass is 287 g/mol. The van der Waals surface area contributed by atoms with Crippen molar-refractivity contribution in [2.75, 3.05) is 6.54 Å². The van der Waals surface area contributed by atoms with Crippen molar-refractivity contribution in [2.24, 2.45) is 0 Å². The molecule has 1 N–H and O–H groups in total. The maximum absolute atomic E-state index is 11.6. The molecule has 1 fully saturated rings. The standard InChI is InChI=1S/C13H25NO4Si/c1-12(2,3)19-18-13(4,5)10-8-9(15)6-7-14(10)11(16)17/h10H,6-8,19H2,1-5H3,(H,16,17)/t10-/m0/s1. The van der Waals surface area contributed by atoms with Gasteiger partial charge in [-0.25, -0.2) is 4.79 Å². The highest BCUT2D eigenvalue weighted by Gasteiger charge is 2.41. The van der Waals surface area contributed by atoms with E-state index in [4.69, 9.17) is 4.43 Å². The molecule has 0 spiro atoms. The fourth-order valence-corrected chi connectivity index (χ4v) is 3.18. The van der Waals surface area contributed by atoms with Gasteiger partial charge in [0, 0.05) is 19.4 Å². The summed E-state index contributed by atoms with van der Waals surface area (Å²) in [5, 5.41) is 9.40. The van der Waals surface area contributed by atoms with Gasteiger partial charge >= 0.3 is 6.09 Å². The Balaban J connectivity index is 2.81. The van der Waals surface area contributed by atoms with E-state index in [1.54, 1.807) is 0 Å². The second-order valence-corrected chi connectivity index (χ2v) is 9.64. The average Bonchev–Trinajstić information content (AvgIpc) is 2.25. The highest BCUT2D eigenvalue weighted by molar-refractivity contribution is 6.31. The summed E-state index contributed by atoms with van der Waals surface area (Å²) in [4.78, 5) is 24.3. The highest BCUT2D eigenvalue weighted by Crippen LogP contribution is 2.30. The molecule has 1 atom stereocenters. The van der Waals surface area contributed by atoms with Gasteiger partial charge in [0.2, 0.25) is 0 Å². The van der Waals surface area contributed by atoms with E-state index < -0.39 is 21.5 Å². The fraction of sp³-hybridized carbons (Fsp3) is 0.846. The molecule has 6 heteroatoms. The van der Waals surface area contributed by atoms with E-state index in [0.717, 1.165) is 0 Å². The van der Waals surface area contributed by atoms with E-state index in [-0.39, 0.29) is 29.8 Å². The summed E-state index contributed by atoms with van der Waals surface area (Å²) >= 11 is 0. The molecule has 110 valence electrons. The van der Waals surface area contributed by atoms with Gasteiger partial charge in [0.25, 0.3) is 0 Å². The minimum atomic E-state index is -0.966. The maximum atomic E-state index is 11.6. The van der Waals surface area contributed by atoms with Crippen LogP contribution in [0.1, 0.15) is 47.5 Å². The first-order chi connectivity index (χ1) is 8.53. The zero-order chi connectivity index (χ0) is 14.8. The zero-order valence-corrected chi connectivity index (χ0v) is 13.9. The molecule has 1 aliphatic rings. The summed E-state index contributed by atoms with van der Waals surface area (Å²) in [6, 6.07) is -0.374. The molecule has 0 saturated carbocycles. The molecular weight excluding hydrogens is 262 g/mol. The van der Waals surface area contributed by atoms with Crippen LogP contribution in [-0.2, 0) is 9.22 Å². The highest BCUT2D eigenvalue weighted by atomic mass is 28.2. The van der Waals surface area contributed by atoms with Crippen LogP contribution in [0.15, 0.2) is 0 Å². The van der Waals surface area contributed by atoms with Crippen LogP contribution in [0.4, 0.5) is 4.79 Å². The number of Topliss-reactive ketones (excluding diaryl/α,β-unsaturated/α-hetero) is 1. The van der Waals surface area contributed by atoms with Crippen LogP contribution in [0.25, 0.3) is 0 Å². The van der Waals surface area contributed by atoms with Crippen LogP contribution in [0.2, 0.25) is 5.04 Å². The van der Waals surface area contributed by atoms with E-state index in [2.05, 4.69) is 20.8 Å². The van der Waals surface area contributed by atoms with Crippen LogP contribution in [0.3, 0.4) is 0 Å². The van der Waals surface area contributed by atoms with Gasteiger partial charge in [-0.05, 0) is 18.9 Å². The van der Waals surface area contributed by atoms with E-state index >= 15 is 0 Å². The number of nitrogens with zero attached hydrogens (tertiary/aromatic N) is 1. The number of carbonyl (C=O) groups is 2. The van der Waals surface area contributed by atoms with E-state index in [1.807, 2.05) is 13.8 Å². The van der Waals surface area contributed by atoms with Crippen molar-refractivity contribution in [1.29, 1.82) is 0 Å². The van der Waals surface area contributed by atoms with Crippen molar-refractivity contribution in [1.82, 2.24) is 4.90 Å². The van der Waals surface area contributed by atoms with Crippen molar-refractivity contribution < 1.29 is 19.1 Å². The molecule has 1 saturated heterocycles. The normalized spacial score (nSPS) is 22.3. The predicted molar refractivity (Wildman–Crippen MR) is 76.2 cm³/mol. The lowest BCUT2D eigenvalue weighted by Crippen LogP contribution is -2.57. The van der Waals surface area contributed by atoms with Crippen LogP contribution in [-0.4, -0.2) is 49.8 Å². The molecule has 0 aliphatic carbocycles. The largest absolute Gasteiger partial charge is 0.465 e. The number of amides is 1. The van der Waals surface area contributed by atoms with Crippen molar-refractivity contribution in [2.45, 2.75) is 64.1 Å². The van der Waals surface area contributed by atoms with Gasteiger partial charge in [-0.3, -0.25) is 4.79 Å². The van der Waals surface area contributed by atoms with Crippen LogP contribution < -0.4 is 0 Å². The third-order valence-corrected chi connectivity index (χ3v) is 5.11. The Bertz CT molecular complexity index is 362. The molecule has 0 aromatic heterocycles. The fourth-order valence-electron chi connectivity index (χ4n) is 2.18. The van der Waals surface area contributed by atoms with Gasteiger partial charge in [-0.1, -0.05) is 20.8 Å². The van der Waals surface area contributed by atoms with Crippen molar-refractivity contribution in [3.63, 3.8) is 0 Å². The van der Waals surface area contributed by atoms with E-state index in [9.17, 15) is 14.7 Å². The molecule has 19 heavy (non-hydrogen) atoms. The minimum Gasteiger partial charge on any atom is -0.465 e. The second-order valence-electron chi connectivity index (χ2n) is 6.94. The third-order valence-electron chi connectivity index (χ3n) is 3.35. The van der Waals surface area contributed by atoms with Gasteiger partial charge < -0.3 is 14.4 Å². The number of likely N-dealkylation sites (tertiary alicyclic amines) is 1. The van der Waals surface area contributed by atoms with Gasteiger partial charge in [-0.2, -0.15) is 0 Å². The molecule has 1 amide bonds. The van der Waals surface area contributed by atoms with Crippen LogP contribution in [0.5, 0.6) is 0 Å². The first-order valence-corrected chi connectivity index (χ1v) is 7.96. The van der Waals surface area contributed by atoms with Gasteiger partial charge in [0.15, 0.2) is 9.76 Å². The predicted octanol–water partition coefficient (Wildman–Crippen LogP) is 1.80. The molecule has 0 aromatic carbocycles. The molecule has 0 unspecified atom stereocenters. The molecule has 1 heterocycles. The summed E-state index contributed by atoms with van der Waals surface area (Å²) in [5.41, 5.74) is -0.603. The topological polar surface area (TPSA) is 66.8 Å². The van der Waals surface area contributed by atoms with Gasteiger partial charge in [-0.15, -0.1) is 0 Å². The minimum absolute atomic E-state index is 0.122. The Morgan fingerprint density at radius 2 is 1.95 bits per heavy atom. The third kappa shape index (κ3) is 4.61. The van der Waals surface area contributed by atoms with Gasteiger partial charge in [0.05, 0.1) is 11.6 Å². The molecule has 1 aliphatic heterocycles. The molecule has 1 rings (SSSR count). The first-order valence-electron chi connectivity index (χ1n) is 6.68. The number of rotatable bonds is 3.